The van der Waals surface area contributed by atoms with Crippen LogP contribution >= 0.6 is 23.1 Å². The maximum atomic E-state index is 13.1. The Bertz CT molecular complexity index is 1510. The van der Waals surface area contributed by atoms with Crippen molar-refractivity contribution in [3.63, 3.8) is 0 Å². The van der Waals surface area contributed by atoms with Crippen LogP contribution in [0.15, 0.2) is 46.3 Å². The SMILES string of the molecule is COCC1=C(C(=O)O)N2C(=O)[C@@H](NC(=O)/C(=N/OC)c3csc(NC(=O)OC[n+]4cccc(C(=O)N(C)C)c4)n3)[C@H]2SC1. The van der Waals surface area contributed by atoms with Gasteiger partial charge in [0.1, 0.15) is 35.5 Å². The van der Waals surface area contributed by atoms with Gasteiger partial charge in [0.05, 0.1) is 6.61 Å². The average molecular weight is 635 g/mol. The summed E-state index contributed by atoms with van der Waals surface area (Å²) in [6.45, 7) is -0.126. The van der Waals surface area contributed by atoms with Crippen LogP contribution in [0.1, 0.15) is 16.1 Å². The first-order valence-electron chi connectivity index (χ1n) is 12.5. The van der Waals surface area contributed by atoms with Gasteiger partial charge in [0.25, 0.3) is 24.5 Å². The van der Waals surface area contributed by atoms with Gasteiger partial charge in [0, 0.05) is 38.4 Å². The van der Waals surface area contributed by atoms with Crippen molar-refractivity contribution in [3.05, 3.63) is 52.4 Å². The van der Waals surface area contributed by atoms with Gasteiger partial charge in [-0.05, 0) is 11.6 Å². The van der Waals surface area contributed by atoms with Crippen molar-refractivity contribution in [1.82, 2.24) is 20.1 Å². The molecule has 43 heavy (non-hydrogen) atoms. The third kappa shape index (κ3) is 6.92. The third-order valence-corrected chi connectivity index (χ3v) is 8.16. The highest BCUT2D eigenvalue weighted by molar-refractivity contribution is 8.00. The lowest BCUT2D eigenvalue weighted by molar-refractivity contribution is -0.727. The Morgan fingerprint density at radius 2 is 2.05 bits per heavy atom. The zero-order chi connectivity index (χ0) is 31.3. The van der Waals surface area contributed by atoms with Gasteiger partial charge in [-0.3, -0.25) is 24.6 Å². The summed E-state index contributed by atoms with van der Waals surface area (Å²) in [4.78, 5) is 73.9. The molecule has 0 aliphatic carbocycles. The number of pyridine rings is 1. The molecule has 4 amide bonds. The van der Waals surface area contributed by atoms with E-state index >= 15 is 0 Å². The van der Waals surface area contributed by atoms with E-state index in [1.807, 2.05) is 0 Å². The predicted molar refractivity (Wildman–Crippen MR) is 152 cm³/mol. The summed E-state index contributed by atoms with van der Waals surface area (Å²) < 4.78 is 11.8. The molecule has 0 bridgehead atoms. The topological polar surface area (TPSA) is 193 Å². The number of carbonyl (C=O) groups excluding carboxylic acids is 4. The molecule has 1 fully saturated rings. The Kier molecular flexibility index (Phi) is 9.94. The second-order valence-corrected chi connectivity index (χ2v) is 11.2. The molecule has 3 N–H and O–H groups in total. The van der Waals surface area contributed by atoms with Gasteiger partial charge >= 0.3 is 12.1 Å². The number of hydrogen-bond acceptors (Lipinski definition) is 12. The number of hydrogen-bond donors (Lipinski definition) is 3. The van der Waals surface area contributed by atoms with E-state index in [-0.39, 0.29) is 41.5 Å². The Labute approximate surface area is 253 Å². The number of carboxylic acid groups (broad SMARTS) is 1. The van der Waals surface area contributed by atoms with Crippen LogP contribution in [-0.4, -0.2) is 107 Å². The zero-order valence-corrected chi connectivity index (χ0v) is 25.1. The number of nitrogens with one attached hydrogen (secondary N) is 2. The first-order chi connectivity index (χ1) is 20.5. The predicted octanol–water partition coefficient (Wildman–Crippen LogP) is 0.0741. The molecule has 16 nitrogen and oxygen atoms in total. The van der Waals surface area contributed by atoms with Crippen molar-refractivity contribution >= 4 is 63.7 Å². The molecule has 4 rings (SSSR count). The lowest BCUT2D eigenvalue weighted by Crippen LogP contribution is -2.71. The molecule has 0 spiro atoms. The monoisotopic (exact) mass is 634 g/mol. The van der Waals surface area contributed by atoms with E-state index in [4.69, 9.17) is 14.3 Å². The van der Waals surface area contributed by atoms with Crippen molar-refractivity contribution in [2.24, 2.45) is 5.16 Å². The number of amides is 4. The number of aromatic nitrogens is 2. The second-order valence-electron chi connectivity index (χ2n) is 9.20. The molecule has 0 saturated carbocycles. The van der Waals surface area contributed by atoms with Crippen LogP contribution in [0.4, 0.5) is 9.93 Å². The number of anilines is 1. The van der Waals surface area contributed by atoms with Gasteiger partial charge in [-0.25, -0.2) is 14.6 Å². The summed E-state index contributed by atoms with van der Waals surface area (Å²) in [7, 11) is 5.91. The van der Waals surface area contributed by atoms with Crippen LogP contribution in [0.2, 0.25) is 0 Å². The molecule has 228 valence electrons. The number of carboxylic acids is 1. The molecule has 18 heteroatoms. The minimum absolute atomic E-state index is 0.0531. The zero-order valence-electron chi connectivity index (χ0n) is 23.4. The smallest absolute Gasteiger partial charge is 0.418 e. The molecule has 4 heterocycles. The number of thioether (sulfide) groups is 1. The number of carbonyl (C=O) groups is 5. The first kappa shape index (κ1) is 31.4. The summed E-state index contributed by atoms with van der Waals surface area (Å²) >= 11 is 2.28. The van der Waals surface area contributed by atoms with Gasteiger partial charge < -0.3 is 29.6 Å². The highest BCUT2D eigenvalue weighted by Crippen LogP contribution is 2.40. The molecule has 1 saturated heterocycles. The van der Waals surface area contributed by atoms with Gasteiger partial charge in [-0.2, -0.15) is 4.57 Å². The number of methoxy groups -OCH3 is 1. The molecule has 0 aromatic carbocycles. The van der Waals surface area contributed by atoms with E-state index in [2.05, 4.69) is 20.8 Å². The molecule has 2 aliphatic heterocycles. The third-order valence-electron chi connectivity index (χ3n) is 6.06. The lowest BCUT2D eigenvalue weighted by Gasteiger charge is -2.49. The number of oxime groups is 1. The van der Waals surface area contributed by atoms with E-state index in [0.29, 0.717) is 16.9 Å². The standard InChI is InChI=1S/C25H27N7O9S2/c1-30(2)20(34)13-6-5-7-31(8-13)12-41-25(38)28-24-26-15(11-43-24)16(29-40-4)19(33)27-17-21(35)32-18(23(36)37)14(9-39-3)10-42-22(17)32/h5-8,11,17,22H,9-10,12H2,1-4H3,(H2-,26,27,28,33,36,37,38)/p+1/b29-16+/t17-,22-/m1/s1. The highest BCUT2D eigenvalue weighted by Gasteiger charge is 2.54. The number of aliphatic carboxylic acids is 1. The van der Waals surface area contributed by atoms with Crippen molar-refractivity contribution in [2.75, 3.05) is 46.0 Å². The van der Waals surface area contributed by atoms with Crippen molar-refractivity contribution in [3.8, 4) is 0 Å². The molecular formula is C25H28N7O9S2+. The average Bonchev–Trinajstić information content (AvgIpc) is 3.44. The Balaban J connectivity index is 1.37. The molecule has 0 unspecified atom stereocenters. The number of nitrogens with zero attached hydrogens (tertiary/aromatic N) is 5. The summed E-state index contributed by atoms with van der Waals surface area (Å²) in [6, 6.07) is 2.28. The quantitative estimate of drug-likeness (QED) is 0.131. The minimum Gasteiger partial charge on any atom is -0.477 e. The van der Waals surface area contributed by atoms with E-state index in [1.54, 1.807) is 38.6 Å². The fourth-order valence-electron chi connectivity index (χ4n) is 4.16. The Morgan fingerprint density at radius 1 is 1.28 bits per heavy atom. The van der Waals surface area contributed by atoms with Gasteiger partial charge in [0.2, 0.25) is 0 Å². The van der Waals surface area contributed by atoms with Crippen molar-refractivity contribution in [1.29, 1.82) is 0 Å². The normalized spacial score (nSPS) is 17.9. The van der Waals surface area contributed by atoms with Crippen molar-refractivity contribution in [2.45, 2.75) is 18.1 Å². The van der Waals surface area contributed by atoms with Crippen LogP contribution in [0.25, 0.3) is 0 Å². The number of ether oxygens (including phenoxy) is 2. The minimum atomic E-state index is -1.26. The Hall–Kier alpha value is -4.55. The van der Waals surface area contributed by atoms with E-state index in [0.717, 1.165) is 16.2 Å². The number of thiazole rings is 1. The largest absolute Gasteiger partial charge is 0.477 e. The van der Waals surface area contributed by atoms with Gasteiger partial charge in [0.15, 0.2) is 23.2 Å². The number of fused-ring (bicyclic) bond motifs is 1. The fraction of sp³-hybridized carbons (Fsp3) is 0.360. The van der Waals surface area contributed by atoms with E-state index < -0.39 is 35.3 Å². The maximum Gasteiger partial charge on any atom is 0.418 e. The van der Waals surface area contributed by atoms with Crippen LogP contribution < -0.4 is 15.2 Å². The lowest BCUT2D eigenvalue weighted by atomic mass is 10.0. The fourth-order valence-corrected chi connectivity index (χ4v) is 6.17. The van der Waals surface area contributed by atoms with Crippen LogP contribution in [-0.2, 0) is 35.4 Å². The van der Waals surface area contributed by atoms with Crippen LogP contribution in [0.5, 0.6) is 0 Å². The summed E-state index contributed by atoms with van der Waals surface area (Å²) in [5, 5.41) is 19.3. The molecule has 0 radical (unpaired) electrons. The first-order valence-corrected chi connectivity index (χ1v) is 14.4. The van der Waals surface area contributed by atoms with Gasteiger partial charge in [-0.1, -0.05) is 5.16 Å². The van der Waals surface area contributed by atoms with Crippen LogP contribution in [0, 0.1) is 0 Å². The molecular weight excluding hydrogens is 606 g/mol. The maximum absolute atomic E-state index is 13.1. The second kappa shape index (κ2) is 13.6. The molecule has 2 aliphatic rings. The Morgan fingerprint density at radius 3 is 2.72 bits per heavy atom. The summed E-state index contributed by atoms with van der Waals surface area (Å²) in [6.07, 6.45) is 2.33. The summed E-state index contributed by atoms with van der Waals surface area (Å²) in [5.74, 6) is -2.53. The van der Waals surface area contributed by atoms with Crippen molar-refractivity contribution < 1.29 is 48.0 Å². The molecule has 2 atom stereocenters. The molecule has 2 aromatic heterocycles. The van der Waals surface area contributed by atoms with Crippen LogP contribution in [0.3, 0.4) is 0 Å². The number of rotatable bonds is 11. The van der Waals surface area contributed by atoms with Gasteiger partial charge in [-0.15, -0.1) is 23.1 Å². The summed E-state index contributed by atoms with van der Waals surface area (Å²) in [5.41, 5.74) is 0.514. The molecule has 2 aromatic rings. The van der Waals surface area contributed by atoms with E-state index in [9.17, 15) is 29.1 Å². The number of β-lactam (4-membered cyclic amide) rings is 1. The highest BCUT2D eigenvalue weighted by atomic mass is 32.2. The van der Waals surface area contributed by atoms with E-state index in [1.165, 1.54) is 40.8 Å².